The zero-order chi connectivity index (χ0) is 26.4. The highest BCUT2D eigenvalue weighted by molar-refractivity contribution is 7.09. The summed E-state index contributed by atoms with van der Waals surface area (Å²) in [4.78, 5) is 43.2. The number of thiazole rings is 1. The first-order valence-electron chi connectivity index (χ1n) is 11.9. The van der Waals surface area contributed by atoms with Crippen LogP contribution in [0.4, 0.5) is 9.18 Å². The lowest BCUT2D eigenvalue weighted by atomic mass is 10.2. The molecule has 0 radical (unpaired) electrons. The molecule has 1 aromatic carbocycles. The maximum absolute atomic E-state index is 13.8. The minimum absolute atomic E-state index is 0.0514. The number of hydrogen-bond donors (Lipinski definition) is 2. The summed E-state index contributed by atoms with van der Waals surface area (Å²) in [5.74, 6) is -0.0819. The van der Waals surface area contributed by atoms with Gasteiger partial charge in [0.2, 0.25) is 0 Å². The molecule has 4 rings (SSSR count). The molecule has 3 heterocycles. The van der Waals surface area contributed by atoms with E-state index in [-0.39, 0.29) is 24.5 Å². The number of benzene rings is 1. The number of halogens is 1. The standard InChI is InChI=1S/C26H29FN6O3S/c1-26(2,3)36-25(35)33(13-7-11-22-30-18-9-4-5-10-19(18)31-22)15-23-32-21(16-37-23)24(34)29-14-20-17(27)8-6-12-28-20/h4-6,8-10,12,16H,7,11,13-15H2,1-3H3,(H,29,34)(H,30,31). The number of amides is 2. The van der Waals surface area contributed by atoms with Gasteiger partial charge in [0.05, 0.1) is 29.8 Å². The van der Waals surface area contributed by atoms with E-state index in [1.165, 1.54) is 29.7 Å². The number of rotatable bonds is 9. The number of hydrogen-bond acceptors (Lipinski definition) is 7. The lowest BCUT2D eigenvalue weighted by molar-refractivity contribution is 0.0231. The molecular weight excluding hydrogens is 495 g/mol. The minimum Gasteiger partial charge on any atom is -0.444 e. The third kappa shape index (κ3) is 7.32. The van der Waals surface area contributed by atoms with E-state index in [4.69, 9.17) is 4.74 Å². The summed E-state index contributed by atoms with van der Waals surface area (Å²) < 4.78 is 19.4. The van der Waals surface area contributed by atoms with Crippen LogP contribution in [0.15, 0.2) is 48.0 Å². The van der Waals surface area contributed by atoms with Crippen molar-refractivity contribution in [1.82, 2.24) is 30.2 Å². The summed E-state index contributed by atoms with van der Waals surface area (Å²) in [6.07, 6.45) is 2.33. The number of aromatic amines is 1. The Balaban J connectivity index is 1.38. The van der Waals surface area contributed by atoms with Crippen LogP contribution in [-0.2, 0) is 24.2 Å². The summed E-state index contributed by atoms with van der Waals surface area (Å²) in [5.41, 5.74) is 1.57. The van der Waals surface area contributed by atoms with Crippen LogP contribution in [0.5, 0.6) is 0 Å². The van der Waals surface area contributed by atoms with Crippen molar-refractivity contribution >= 4 is 34.4 Å². The molecule has 0 unspecified atom stereocenters. The number of imidazole rings is 1. The Morgan fingerprint density at radius 3 is 2.73 bits per heavy atom. The summed E-state index contributed by atoms with van der Waals surface area (Å²) in [6, 6.07) is 10.6. The largest absolute Gasteiger partial charge is 0.444 e. The van der Waals surface area contributed by atoms with Gasteiger partial charge in [-0.3, -0.25) is 9.78 Å². The molecular formula is C26H29FN6O3S. The fraction of sp³-hybridized carbons (Fsp3) is 0.346. The molecule has 0 spiro atoms. The van der Waals surface area contributed by atoms with Crippen LogP contribution in [0.1, 0.15) is 54.2 Å². The Morgan fingerprint density at radius 1 is 1.16 bits per heavy atom. The van der Waals surface area contributed by atoms with Crippen molar-refractivity contribution in [2.75, 3.05) is 6.54 Å². The molecule has 194 valence electrons. The number of fused-ring (bicyclic) bond motifs is 1. The van der Waals surface area contributed by atoms with Crippen molar-refractivity contribution < 1.29 is 18.7 Å². The zero-order valence-electron chi connectivity index (χ0n) is 21.0. The third-order valence-corrected chi connectivity index (χ3v) is 6.13. The summed E-state index contributed by atoms with van der Waals surface area (Å²) in [7, 11) is 0. The Bertz CT molecular complexity index is 1350. The fourth-order valence-electron chi connectivity index (χ4n) is 3.58. The van der Waals surface area contributed by atoms with E-state index in [0.29, 0.717) is 24.4 Å². The van der Waals surface area contributed by atoms with Crippen molar-refractivity contribution in [3.8, 4) is 0 Å². The first-order valence-corrected chi connectivity index (χ1v) is 12.8. The molecule has 0 saturated heterocycles. The minimum atomic E-state index is -0.650. The summed E-state index contributed by atoms with van der Waals surface area (Å²) in [6.45, 7) is 6.01. The van der Waals surface area contributed by atoms with Crippen LogP contribution < -0.4 is 5.32 Å². The molecule has 9 nitrogen and oxygen atoms in total. The molecule has 2 amide bonds. The van der Waals surface area contributed by atoms with E-state index in [2.05, 4.69) is 25.3 Å². The Hall–Kier alpha value is -3.86. The number of para-hydroxylation sites is 2. The van der Waals surface area contributed by atoms with Crippen LogP contribution in [0.2, 0.25) is 0 Å². The first-order chi connectivity index (χ1) is 17.7. The number of pyridine rings is 1. The van der Waals surface area contributed by atoms with Crippen LogP contribution in [0, 0.1) is 5.82 Å². The van der Waals surface area contributed by atoms with Gasteiger partial charge in [0, 0.05) is 24.5 Å². The van der Waals surface area contributed by atoms with E-state index in [1.54, 1.807) is 10.3 Å². The quantitative estimate of drug-likeness (QED) is 0.324. The zero-order valence-corrected chi connectivity index (χ0v) is 21.8. The Kier molecular flexibility index (Phi) is 8.12. The summed E-state index contributed by atoms with van der Waals surface area (Å²) in [5, 5.41) is 4.83. The van der Waals surface area contributed by atoms with Gasteiger partial charge in [0.15, 0.2) is 0 Å². The van der Waals surface area contributed by atoms with Crippen molar-refractivity contribution in [3.05, 3.63) is 76.0 Å². The molecule has 0 atom stereocenters. The average molecular weight is 525 g/mol. The number of carbonyl (C=O) groups excluding carboxylic acids is 2. The van der Waals surface area contributed by atoms with Crippen LogP contribution >= 0.6 is 11.3 Å². The second kappa shape index (κ2) is 11.5. The molecule has 11 heteroatoms. The van der Waals surface area contributed by atoms with Crippen molar-refractivity contribution in [2.45, 2.75) is 52.3 Å². The predicted molar refractivity (Wildman–Crippen MR) is 139 cm³/mol. The van der Waals surface area contributed by atoms with Crippen LogP contribution in [-0.4, -0.2) is 49.0 Å². The maximum atomic E-state index is 13.8. The second-order valence-electron chi connectivity index (χ2n) is 9.45. The Morgan fingerprint density at radius 2 is 1.97 bits per heavy atom. The number of nitrogens with one attached hydrogen (secondary N) is 2. The number of aromatic nitrogens is 4. The molecule has 3 aromatic heterocycles. The number of carbonyl (C=O) groups is 2. The number of nitrogens with zero attached hydrogens (tertiary/aromatic N) is 4. The molecule has 0 bridgehead atoms. The van der Waals surface area contributed by atoms with Crippen molar-refractivity contribution in [1.29, 1.82) is 0 Å². The fourth-order valence-corrected chi connectivity index (χ4v) is 4.37. The van der Waals surface area contributed by atoms with E-state index in [0.717, 1.165) is 16.9 Å². The van der Waals surface area contributed by atoms with Crippen LogP contribution in [0.3, 0.4) is 0 Å². The highest BCUT2D eigenvalue weighted by Crippen LogP contribution is 2.18. The normalized spacial score (nSPS) is 11.5. The van der Waals surface area contributed by atoms with E-state index >= 15 is 0 Å². The lowest BCUT2D eigenvalue weighted by Gasteiger charge is -2.26. The van der Waals surface area contributed by atoms with Gasteiger partial charge < -0.3 is 19.9 Å². The van der Waals surface area contributed by atoms with E-state index in [9.17, 15) is 14.0 Å². The van der Waals surface area contributed by atoms with Gasteiger partial charge >= 0.3 is 6.09 Å². The van der Waals surface area contributed by atoms with E-state index < -0.39 is 23.4 Å². The van der Waals surface area contributed by atoms with Gasteiger partial charge in [-0.25, -0.2) is 19.2 Å². The van der Waals surface area contributed by atoms with Crippen LogP contribution in [0.25, 0.3) is 11.0 Å². The number of aryl methyl sites for hydroxylation is 1. The molecule has 0 aliphatic heterocycles. The lowest BCUT2D eigenvalue weighted by Crippen LogP contribution is -2.37. The topological polar surface area (TPSA) is 113 Å². The second-order valence-corrected chi connectivity index (χ2v) is 10.4. The molecule has 4 aromatic rings. The highest BCUT2D eigenvalue weighted by atomic mass is 32.1. The Labute approximate surface area is 218 Å². The van der Waals surface area contributed by atoms with E-state index in [1.807, 2.05) is 45.0 Å². The number of ether oxygens (including phenoxy) is 1. The monoisotopic (exact) mass is 524 g/mol. The van der Waals surface area contributed by atoms with Gasteiger partial charge in [-0.15, -0.1) is 11.3 Å². The first kappa shape index (κ1) is 26.2. The molecule has 0 aliphatic carbocycles. The molecule has 0 fully saturated rings. The SMILES string of the molecule is CC(C)(C)OC(=O)N(CCCc1nc2ccccc2[nH]1)Cc1nc(C(=O)NCc2ncccc2F)cs1. The molecule has 2 N–H and O–H groups in total. The third-order valence-electron chi connectivity index (χ3n) is 5.29. The average Bonchev–Trinajstić information content (AvgIpc) is 3.48. The van der Waals surface area contributed by atoms with Gasteiger partial charge in [-0.2, -0.15) is 0 Å². The van der Waals surface area contributed by atoms with Gasteiger partial charge in [0.25, 0.3) is 5.91 Å². The highest BCUT2D eigenvalue weighted by Gasteiger charge is 2.24. The number of H-pyrrole nitrogens is 1. The van der Waals surface area contributed by atoms with Crippen molar-refractivity contribution in [2.24, 2.45) is 0 Å². The molecule has 37 heavy (non-hydrogen) atoms. The molecule has 0 aliphatic rings. The smallest absolute Gasteiger partial charge is 0.410 e. The van der Waals surface area contributed by atoms with Gasteiger partial charge in [-0.05, 0) is 51.5 Å². The summed E-state index contributed by atoms with van der Waals surface area (Å²) >= 11 is 1.27. The predicted octanol–water partition coefficient (Wildman–Crippen LogP) is 4.85. The van der Waals surface area contributed by atoms with Crippen molar-refractivity contribution in [3.63, 3.8) is 0 Å². The maximum Gasteiger partial charge on any atom is 0.410 e. The van der Waals surface area contributed by atoms with Gasteiger partial charge in [0.1, 0.15) is 27.9 Å². The molecule has 0 saturated carbocycles. The van der Waals surface area contributed by atoms with Gasteiger partial charge in [-0.1, -0.05) is 12.1 Å².